The Hall–Kier alpha value is -3.39. The Labute approximate surface area is 193 Å². The van der Waals surface area contributed by atoms with E-state index in [-0.39, 0.29) is 4.90 Å². The Morgan fingerprint density at radius 1 is 0.939 bits per heavy atom. The molecule has 4 rings (SSSR count). The lowest BCUT2D eigenvalue weighted by Gasteiger charge is -2.24. The van der Waals surface area contributed by atoms with Crippen molar-refractivity contribution in [3.63, 3.8) is 0 Å². The first-order valence-corrected chi connectivity index (χ1v) is 12.3. The second-order valence-corrected chi connectivity index (χ2v) is 9.95. The number of halogens is 1. The monoisotopic (exact) mass is 467 g/mol. The highest BCUT2D eigenvalue weighted by molar-refractivity contribution is 7.92. The Balaban J connectivity index is 1.55. The highest BCUT2D eigenvalue weighted by atomic mass is 32.2. The van der Waals surface area contributed by atoms with Crippen LogP contribution in [-0.4, -0.2) is 34.0 Å². The van der Waals surface area contributed by atoms with Crippen molar-refractivity contribution in [1.82, 2.24) is 0 Å². The van der Waals surface area contributed by atoms with Crippen LogP contribution in [0.4, 0.5) is 21.5 Å². The van der Waals surface area contributed by atoms with E-state index in [2.05, 4.69) is 10.2 Å². The highest BCUT2D eigenvalue weighted by Crippen LogP contribution is 2.25. The minimum absolute atomic E-state index is 0.0905. The topological polar surface area (TPSA) is 69.7 Å². The van der Waals surface area contributed by atoms with Crippen LogP contribution >= 0.6 is 0 Å². The Morgan fingerprint density at radius 3 is 2.15 bits per heavy atom. The maximum absolute atomic E-state index is 13.3. The maximum atomic E-state index is 13.3. The Morgan fingerprint density at radius 2 is 1.55 bits per heavy atom. The van der Waals surface area contributed by atoms with Crippen molar-refractivity contribution >= 4 is 33.0 Å². The summed E-state index contributed by atoms with van der Waals surface area (Å²) in [4.78, 5) is 15.0. The minimum Gasteiger partial charge on any atom is -0.372 e. The molecule has 8 heteroatoms. The molecule has 33 heavy (non-hydrogen) atoms. The summed E-state index contributed by atoms with van der Waals surface area (Å²) in [5.41, 5.74) is 3.00. The molecule has 6 nitrogen and oxygen atoms in total. The summed E-state index contributed by atoms with van der Waals surface area (Å²) in [7, 11) is -4.09. The van der Waals surface area contributed by atoms with Gasteiger partial charge in [-0.05, 0) is 80.4 Å². The van der Waals surface area contributed by atoms with Crippen molar-refractivity contribution < 1.29 is 17.6 Å². The fourth-order valence-electron chi connectivity index (χ4n) is 3.82. The summed E-state index contributed by atoms with van der Waals surface area (Å²) < 4.78 is 41.0. The predicted octanol–water partition coefficient (Wildman–Crippen LogP) is 4.57. The molecule has 0 saturated carbocycles. The third-order valence-electron chi connectivity index (χ3n) is 5.63. The van der Waals surface area contributed by atoms with Crippen LogP contribution in [0.1, 0.15) is 18.4 Å². The van der Waals surface area contributed by atoms with Gasteiger partial charge in [-0.15, -0.1) is 0 Å². The van der Waals surface area contributed by atoms with Crippen molar-refractivity contribution in [2.24, 2.45) is 0 Å². The Kier molecular flexibility index (Phi) is 6.65. The van der Waals surface area contributed by atoms with Crippen molar-refractivity contribution in [2.45, 2.75) is 24.7 Å². The first-order valence-electron chi connectivity index (χ1n) is 10.8. The van der Waals surface area contributed by atoms with Gasteiger partial charge >= 0.3 is 0 Å². The molecule has 1 saturated heterocycles. The number of aryl methyl sites for hydroxylation is 1. The summed E-state index contributed by atoms with van der Waals surface area (Å²) in [5.74, 6) is -1.01. The number of amides is 1. The third-order valence-corrected chi connectivity index (χ3v) is 7.42. The first-order chi connectivity index (χ1) is 15.8. The van der Waals surface area contributed by atoms with Crippen LogP contribution in [0.3, 0.4) is 0 Å². The van der Waals surface area contributed by atoms with Crippen LogP contribution in [0.5, 0.6) is 0 Å². The third kappa shape index (κ3) is 5.34. The van der Waals surface area contributed by atoms with Crippen LogP contribution in [0.15, 0.2) is 77.7 Å². The molecule has 0 atom stereocenters. The van der Waals surface area contributed by atoms with Crippen LogP contribution in [-0.2, 0) is 14.8 Å². The smallest absolute Gasteiger partial charge is 0.264 e. The summed E-state index contributed by atoms with van der Waals surface area (Å²) in [6.07, 6.45) is 2.35. The molecule has 0 spiro atoms. The van der Waals surface area contributed by atoms with Gasteiger partial charge in [-0.1, -0.05) is 17.7 Å². The SMILES string of the molecule is Cc1ccc(N(CC(=O)Nc2ccc(N3CCCC3)cc2)S(=O)(=O)c2ccc(F)cc2)cc1. The van der Waals surface area contributed by atoms with Gasteiger partial charge in [0.25, 0.3) is 10.0 Å². The van der Waals surface area contributed by atoms with E-state index in [9.17, 15) is 17.6 Å². The van der Waals surface area contributed by atoms with E-state index >= 15 is 0 Å². The van der Waals surface area contributed by atoms with Gasteiger partial charge in [-0.3, -0.25) is 9.10 Å². The van der Waals surface area contributed by atoms with Gasteiger partial charge in [0, 0.05) is 24.5 Å². The zero-order chi connectivity index (χ0) is 23.4. The second kappa shape index (κ2) is 9.62. The van der Waals surface area contributed by atoms with E-state index in [1.54, 1.807) is 24.3 Å². The fraction of sp³-hybridized carbons (Fsp3) is 0.240. The van der Waals surface area contributed by atoms with Crippen LogP contribution in [0, 0.1) is 12.7 Å². The molecule has 0 aliphatic carbocycles. The predicted molar refractivity (Wildman–Crippen MR) is 129 cm³/mol. The number of hydrogen-bond donors (Lipinski definition) is 1. The number of nitrogens with zero attached hydrogens (tertiary/aromatic N) is 2. The molecule has 1 aliphatic rings. The number of carbonyl (C=O) groups excluding carboxylic acids is 1. The van der Waals surface area contributed by atoms with Crippen LogP contribution in [0.25, 0.3) is 0 Å². The van der Waals surface area contributed by atoms with E-state index in [1.165, 1.54) is 25.0 Å². The van der Waals surface area contributed by atoms with Gasteiger partial charge in [-0.25, -0.2) is 12.8 Å². The van der Waals surface area contributed by atoms with E-state index in [1.807, 2.05) is 31.2 Å². The van der Waals surface area contributed by atoms with Gasteiger partial charge in [-0.2, -0.15) is 0 Å². The zero-order valence-corrected chi connectivity index (χ0v) is 19.2. The Bertz CT molecular complexity index is 1210. The van der Waals surface area contributed by atoms with Crippen molar-refractivity contribution in [3.05, 3.63) is 84.2 Å². The normalized spacial score (nSPS) is 13.7. The van der Waals surface area contributed by atoms with Crippen molar-refractivity contribution in [1.29, 1.82) is 0 Å². The van der Waals surface area contributed by atoms with Crippen molar-refractivity contribution in [3.8, 4) is 0 Å². The molecule has 0 unspecified atom stereocenters. The van der Waals surface area contributed by atoms with Gasteiger partial charge in [0.05, 0.1) is 10.6 Å². The molecule has 172 valence electrons. The molecule has 1 heterocycles. The van der Waals surface area contributed by atoms with E-state index in [0.717, 1.165) is 40.8 Å². The second-order valence-electron chi connectivity index (χ2n) is 8.09. The number of rotatable bonds is 7. The highest BCUT2D eigenvalue weighted by Gasteiger charge is 2.27. The lowest BCUT2D eigenvalue weighted by atomic mass is 10.2. The van der Waals surface area contributed by atoms with E-state index in [0.29, 0.717) is 11.4 Å². The minimum atomic E-state index is -4.09. The standard InChI is InChI=1S/C25H26FN3O3S/c1-19-4-10-23(11-5-19)29(33(31,32)24-14-6-20(26)7-15-24)18-25(30)27-21-8-12-22(13-9-21)28-16-2-3-17-28/h4-15H,2-3,16-18H2,1H3,(H,27,30). The number of sulfonamides is 1. The molecule has 1 N–H and O–H groups in total. The van der Waals surface area contributed by atoms with Crippen molar-refractivity contribution in [2.75, 3.05) is 34.2 Å². The molecule has 0 aromatic heterocycles. The van der Waals surface area contributed by atoms with E-state index < -0.39 is 28.3 Å². The van der Waals surface area contributed by atoms with Crippen LogP contribution < -0.4 is 14.5 Å². The fourth-order valence-corrected chi connectivity index (χ4v) is 5.24. The molecule has 0 radical (unpaired) electrons. The average molecular weight is 468 g/mol. The molecular formula is C25H26FN3O3S. The lowest BCUT2D eigenvalue weighted by Crippen LogP contribution is -2.38. The summed E-state index contributed by atoms with van der Waals surface area (Å²) in [6, 6.07) is 18.9. The number of anilines is 3. The molecule has 1 aliphatic heterocycles. The van der Waals surface area contributed by atoms with Gasteiger partial charge in [0.2, 0.25) is 5.91 Å². The number of carbonyl (C=O) groups is 1. The summed E-state index contributed by atoms with van der Waals surface area (Å²) >= 11 is 0. The lowest BCUT2D eigenvalue weighted by molar-refractivity contribution is -0.114. The van der Waals surface area contributed by atoms with Gasteiger partial charge in [0.15, 0.2) is 0 Å². The van der Waals surface area contributed by atoms with E-state index in [4.69, 9.17) is 0 Å². The van der Waals surface area contributed by atoms with Gasteiger partial charge < -0.3 is 10.2 Å². The molecule has 1 amide bonds. The number of hydrogen-bond acceptors (Lipinski definition) is 4. The summed E-state index contributed by atoms with van der Waals surface area (Å²) in [6.45, 7) is 3.52. The first kappa shape index (κ1) is 22.8. The maximum Gasteiger partial charge on any atom is 0.264 e. The average Bonchev–Trinajstić information content (AvgIpc) is 3.34. The van der Waals surface area contributed by atoms with Gasteiger partial charge in [0.1, 0.15) is 12.4 Å². The molecule has 1 fully saturated rings. The summed E-state index contributed by atoms with van der Waals surface area (Å²) in [5, 5.41) is 2.78. The molecule has 0 bridgehead atoms. The molecule has 3 aromatic carbocycles. The quantitative estimate of drug-likeness (QED) is 0.553. The zero-order valence-electron chi connectivity index (χ0n) is 18.4. The number of benzene rings is 3. The largest absolute Gasteiger partial charge is 0.372 e. The molecular weight excluding hydrogens is 441 g/mol. The molecule has 3 aromatic rings. The van der Waals surface area contributed by atoms with Crippen LogP contribution in [0.2, 0.25) is 0 Å². The number of nitrogens with one attached hydrogen (secondary N) is 1.